The number of nitro benzene ring substituents is 1. The summed E-state index contributed by atoms with van der Waals surface area (Å²) in [5.74, 6) is -2.77. The van der Waals surface area contributed by atoms with E-state index >= 15 is 0 Å². The van der Waals surface area contributed by atoms with Gasteiger partial charge in [0.15, 0.2) is 0 Å². The van der Waals surface area contributed by atoms with Crippen molar-refractivity contribution in [3.05, 3.63) is 33.9 Å². The van der Waals surface area contributed by atoms with Gasteiger partial charge >= 0.3 is 18.1 Å². The number of hydrogen-bond donors (Lipinski definition) is 3. The van der Waals surface area contributed by atoms with Crippen molar-refractivity contribution >= 4 is 50.8 Å². The lowest BCUT2D eigenvalue weighted by atomic mass is 10.1. The van der Waals surface area contributed by atoms with E-state index in [1.807, 2.05) is 0 Å². The lowest BCUT2D eigenvalue weighted by molar-refractivity contribution is -0.384. The van der Waals surface area contributed by atoms with E-state index in [2.05, 4.69) is 10.2 Å². The Morgan fingerprint density at radius 3 is 2.21 bits per heavy atom. The molecular formula is C19H24F3N3O7S2. The summed E-state index contributed by atoms with van der Waals surface area (Å²) in [6.45, 7) is 2.09. The van der Waals surface area contributed by atoms with Crippen molar-refractivity contribution in [2.24, 2.45) is 0 Å². The Balaban J connectivity index is 0.000000718. The average molecular weight is 528 g/mol. The Hall–Kier alpha value is -2.68. The Morgan fingerprint density at radius 2 is 1.68 bits per heavy atom. The Bertz CT molecular complexity index is 866. The molecular weight excluding hydrogens is 503 g/mol. The molecule has 0 atom stereocenters. The lowest BCUT2D eigenvalue weighted by Crippen LogP contribution is -2.33. The molecule has 0 saturated carbocycles. The number of rotatable bonds is 10. The van der Waals surface area contributed by atoms with Crippen LogP contribution in [0.4, 0.5) is 24.5 Å². The molecule has 0 unspecified atom stereocenters. The molecule has 34 heavy (non-hydrogen) atoms. The smallest absolute Gasteiger partial charge is 0.481 e. The van der Waals surface area contributed by atoms with E-state index < -0.39 is 23.0 Å². The van der Waals surface area contributed by atoms with Crippen LogP contribution in [0.5, 0.6) is 0 Å². The van der Waals surface area contributed by atoms with E-state index in [4.69, 9.17) is 15.0 Å². The number of non-ortho nitro benzene ring substituents is 1. The molecule has 2 rings (SSSR count). The van der Waals surface area contributed by atoms with E-state index in [0.717, 1.165) is 38.0 Å². The molecule has 10 nitrogen and oxygen atoms in total. The molecule has 1 saturated heterocycles. The standard InChI is InChI=1S/C17H23N3O5S2.C2HF3O2/c21-16(22)6-10-26-27-11-7-18-17(23)14-12-13(20(24)25)4-5-15(14)19-8-2-1-3-9-19;3-2(4,5)1(6)7/h4-5,12H,1-3,6-11H2,(H,18,23)(H,21,22);(H,6,7). The first kappa shape index (κ1) is 29.4. The number of nitrogens with zero attached hydrogens (tertiary/aromatic N) is 2. The number of aliphatic carboxylic acids is 2. The zero-order chi connectivity index (χ0) is 25.7. The number of halogens is 3. The maximum absolute atomic E-state index is 12.6. The summed E-state index contributed by atoms with van der Waals surface area (Å²) in [7, 11) is 2.94. The van der Waals surface area contributed by atoms with Crippen molar-refractivity contribution in [2.75, 3.05) is 36.0 Å². The number of nitro groups is 1. The van der Waals surface area contributed by atoms with Crippen LogP contribution in [0.3, 0.4) is 0 Å². The van der Waals surface area contributed by atoms with E-state index in [9.17, 15) is 32.9 Å². The van der Waals surface area contributed by atoms with Crippen LogP contribution in [-0.4, -0.2) is 70.3 Å². The van der Waals surface area contributed by atoms with E-state index in [0.29, 0.717) is 23.6 Å². The molecule has 1 aromatic carbocycles. The number of piperidine rings is 1. The maximum atomic E-state index is 12.6. The molecule has 0 bridgehead atoms. The minimum atomic E-state index is -5.08. The number of anilines is 1. The maximum Gasteiger partial charge on any atom is 0.490 e. The second-order valence-electron chi connectivity index (χ2n) is 6.85. The summed E-state index contributed by atoms with van der Waals surface area (Å²) in [5, 5.41) is 29.6. The zero-order valence-corrected chi connectivity index (χ0v) is 19.5. The highest BCUT2D eigenvalue weighted by molar-refractivity contribution is 8.76. The SMILES string of the molecule is O=C(O)C(F)(F)F.O=C(O)CCSSCCNC(=O)c1cc([N+](=O)[O-])ccc1N1CCCCC1. The number of carbonyl (C=O) groups is 3. The van der Waals surface area contributed by atoms with Crippen molar-refractivity contribution in [1.29, 1.82) is 0 Å². The minimum absolute atomic E-state index is 0.0977. The Morgan fingerprint density at radius 1 is 1.09 bits per heavy atom. The fourth-order valence-electron chi connectivity index (χ4n) is 2.78. The first-order valence-corrected chi connectivity index (χ1v) is 12.5. The topological polar surface area (TPSA) is 150 Å². The van der Waals surface area contributed by atoms with Crippen molar-refractivity contribution in [2.45, 2.75) is 31.9 Å². The molecule has 1 fully saturated rings. The van der Waals surface area contributed by atoms with E-state index in [1.165, 1.54) is 33.7 Å². The minimum Gasteiger partial charge on any atom is -0.481 e. The highest BCUT2D eigenvalue weighted by Crippen LogP contribution is 2.28. The quantitative estimate of drug-likeness (QED) is 0.177. The van der Waals surface area contributed by atoms with Gasteiger partial charge in [0, 0.05) is 43.3 Å². The van der Waals surface area contributed by atoms with Crippen molar-refractivity contribution in [3.63, 3.8) is 0 Å². The third-order valence-corrected chi connectivity index (χ3v) is 6.74. The van der Waals surface area contributed by atoms with Gasteiger partial charge < -0.3 is 20.4 Å². The molecule has 15 heteroatoms. The summed E-state index contributed by atoms with van der Waals surface area (Å²) in [5.41, 5.74) is 0.968. The van der Waals surface area contributed by atoms with Crippen molar-refractivity contribution < 1.29 is 42.7 Å². The highest BCUT2D eigenvalue weighted by Gasteiger charge is 2.38. The molecule has 1 amide bonds. The lowest BCUT2D eigenvalue weighted by Gasteiger charge is -2.30. The molecule has 0 aromatic heterocycles. The molecule has 1 aliphatic heterocycles. The molecule has 3 N–H and O–H groups in total. The number of carboxylic acid groups (broad SMARTS) is 2. The molecule has 1 heterocycles. The first-order chi connectivity index (χ1) is 15.9. The summed E-state index contributed by atoms with van der Waals surface area (Å²) in [4.78, 5) is 44.6. The Kier molecular flexibility index (Phi) is 12.6. The third kappa shape index (κ3) is 11.0. The molecule has 0 radical (unpaired) electrons. The second-order valence-corrected chi connectivity index (χ2v) is 9.55. The van der Waals surface area contributed by atoms with Crippen LogP contribution in [0.15, 0.2) is 18.2 Å². The normalized spacial score (nSPS) is 13.4. The number of nitrogens with one attached hydrogen (secondary N) is 1. The zero-order valence-electron chi connectivity index (χ0n) is 17.9. The van der Waals surface area contributed by atoms with Crippen LogP contribution in [0.1, 0.15) is 36.0 Å². The number of amides is 1. The van der Waals surface area contributed by atoms with Gasteiger partial charge in [-0.15, -0.1) is 0 Å². The average Bonchev–Trinajstić information content (AvgIpc) is 2.78. The number of benzene rings is 1. The van der Waals surface area contributed by atoms with Gasteiger partial charge in [-0.2, -0.15) is 13.2 Å². The predicted octanol–water partition coefficient (Wildman–Crippen LogP) is 3.80. The number of carboxylic acids is 2. The molecule has 1 aromatic rings. The van der Waals surface area contributed by atoms with Gasteiger partial charge in [-0.05, 0) is 25.3 Å². The van der Waals surface area contributed by atoms with Gasteiger partial charge in [-0.25, -0.2) is 4.79 Å². The summed E-state index contributed by atoms with van der Waals surface area (Å²) in [6, 6.07) is 4.44. The van der Waals surface area contributed by atoms with Gasteiger partial charge in [-0.1, -0.05) is 21.6 Å². The van der Waals surface area contributed by atoms with Crippen LogP contribution in [0, 0.1) is 10.1 Å². The fourth-order valence-corrected chi connectivity index (χ4v) is 4.66. The summed E-state index contributed by atoms with van der Waals surface area (Å²) in [6.07, 6.45) is -1.73. The molecule has 190 valence electrons. The first-order valence-electron chi connectivity index (χ1n) is 10.0. The van der Waals surface area contributed by atoms with Gasteiger partial charge in [0.25, 0.3) is 11.6 Å². The van der Waals surface area contributed by atoms with Gasteiger partial charge in [-0.3, -0.25) is 19.7 Å². The molecule has 0 aliphatic carbocycles. The van der Waals surface area contributed by atoms with Gasteiger partial charge in [0.2, 0.25) is 0 Å². The van der Waals surface area contributed by atoms with Crippen LogP contribution < -0.4 is 10.2 Å². The molecule has 0 spiro atoms. The van der Waals surface area contributed by atoms with E-state index in [-0.39, 0.29) is 18.0 Å². The van der Waals surface area contributed by atoms with Crippen LogP contribution in [0.2, 0.25) is 0 Å². The number of carbonyl (C=O) groups excluding carboxylic acids is 1. The van der Waals surface area contributed by atoms with Crippen molar-refractivity contribution in [3.8, 4) is 0 Å². The summed E-state index contributed by atoms with van der Waals surface area (Å²) < 4.78 is 31.7. The van der Waals surface area contributed by atoms with Gasteiger partial charge in [0.1, 0.15) is 0 Å². The van der Waals surface area contributed by atoms with Crippen LogP contribution in [0.25, 0.3) is 0 Å². The monoisotopic (exact) mass is 527 g/mol. The molecule has 1 aliphatic rings. The summed E-state index contributed by atoms with van der Waals surface area (Å²) >= 11 is 0. The number of alkyl halides is 3. The second kappa shape index (κ2) is 14.6. The van der Waals surface area contributed by atoms with Crippen LogP contribution >= 0.6 is 21.6 Å². The fraction of sp³-hybridized carbons (Fsp3) is 0.526. The highest BCUT2D eigenvalue weighted by atomic mass is 33.1. The van der Waals surface area contributed by atoms with Crippen molar-refractivity contribution in [1.82, 2.24) is 5.32 Å². The predicted molar refractivity (Wildman–Crippen MR) is 122 cm³/mol. The Labute approximate surface area is 200 Å². The third-order valence-electron chi connectivity index (χ3n) is 4.33. The van der Waals surface area contributed by atoms with E-state index in [1.54, 1.807) is 6.07 Å². The number of hydrogen-bond acceptors (Lipinski definition) is 8. The largest absolute Gasteiger partial charge is 0.490 e. The van der Waals surface area contributed by atoms with Gasteiger partial charge in [0.05, 0.1) is 22.6 Å². The van der Waals surface area contributed by atoms with Crippen LogP contribution in [-0.2, 0) is 9.59 Å².